The Labute approximate surface area is 154 Å². The van der Waals surface area contributed by atoms with Gasteiger partial charge in [0.05, 0.1) is 28.3 Å². The molecule has 0 bridgehead atoms. The minimum absolute atomic E-state index is 0.0616. The number of nitrogens with one attached hydrogen (secondary N) is 1. The Hall–Kier alpha value is -2.67. The molecular weight excluding hydrogens is 365 g/mol. The SMILES string of the molecule is CCOC(=O)c1c(C)[nH]c(C)c1C(=O)COC(=O)c1ccc(F)cc1Cl. The second kappa shape index (κ2) is 8.14. The Morgan fingerprint density at radius 3 is 2.35 bits per heavy atom. The van der Waals surface area contributed by atoms with Gasteiger partial charge in [-0.1, -0.05) is 11.6 Å². The van der Waals surface area contributed by atoms with Crippen LogP contribution in [0.4, 0.5) is 4.39 Å². The number of carbonyl (C=O) groups is 3. The molecule has 6 nitrogen and oxygen atoms in total. The summed E-state index contributed by atoms with van der Waals surface area (Å²) < 4.78 is 23.0. The number of aryl methyl sites for hydroxylation is 2. The summed E-state index contributed by atoms with van der Waals surface area (Å²) in [4.78, 5) is 39.5. The van der Waals surface area contributed by atoms with Crippen molar-refractivity contribution < 1.29 is 28.2 Å². The van der Waals surface area contributed by atoms with Gasteiger partial charge in [-0.15, -0.1) is 0 Å². The van der Waals surface area contributed by atoms with Crippen molar-refractivity contribution in [1.82, 2.24) is 4.98 Å². The van der Waals surface area contributed by atoms with Crippen molar-refractivity contribution in [3.63, 3.8) is 0 Å². The zero-order valence-electron chi connectivity index (χ0n) is 14.4. The fourth-order valence-corrected chi connectivity index (χ4v) is 2.77. The van der Waals surface area contributed by atoms with E-state index in [0.717, 1.165) is 12.1 Å². The van der Waals surface area contributed by atoms with Crippen LogP contribution in [0.1, 0.15) is 49.4 Å². The van der Waals surface area contributed by atoms with Crippen LogP contribution < -0.4 is 0 Å². The first-order valence-electron chi connectivity index (χ1n) is 7.77. The molecular formula is C18H17ClFNO5. The maximum Gasteiger partial charge on any atom is 0.340 e. The average Bonchev–Trinajstić information content (AvgIpc) is 2.86. The highest BCUT2D eigenvalue weighted by Crippen LogP contribution is 2.21. The third-order valence-electron chi connectivity index (χ3n) is 3.62. The summed E-state index contributed by atoms with van der Waals surface area (Å²) in [5.74, 6) is -2.67. The second-order valence-corrected chi connectivity index (χ2v) is 5.88. The van der Waals surface area contributed by atoms with Crippen molar-refractivity contribution in [3.8, 4) is 0 Å². The van der Waals surface area contributed by atoms with Crippen LogP contribution in [0, 0.1) is 19.7 Å². The molecule has 26 heavy (non-hydrogen) atoms. The van der Waals surface area contributed by atoms with Crippen LogP contribution in [0.5, 0.6) is 0 Å². The summed E-state index contributed by atoms with van der Waals surface area (Å²) in [6.07, 6.45) is 0. The van der Waals surface area contributed by atoms with Crippen molar-refractivity contribution in [2.75, 3.05) is 13.2 Å². The topological polar surface area (TPSA) is 85.5 Å². The van der Waals surface area contributed by atoms with Crippen LogP contribution in [0.15, 0.2) is 18.2 Å². The van der Waals surface area contributed by atoms with Gasteiger partial charge in [-0.3, -0.25) is 4.79 Å². The Kier molecular flexibility index (Phi) is 6.15. The van der Waals surface area contributed by atoms with E-state index in [0.29, 0.717) is 11.4 Å². The highest BCUT2D eigenvalue weighted by atomic mass is 35.5. The minimum Gasteiger partial charge on any atom is -0.462 e. The van der Waals surface area contributed by atoms with Crippen LogP contribution in [-0.4, -0.2) is 35.9 Å². The van der Waals surface area contributed by atoms with Crippen LogP contribution >= 0.6 is 11.6 Å². The predicted octanol–water partition coefficient (Wildman–Crippen LogP) is 3.64. The number of carbonyl (C=O) groups excluding carboxylic acids is 3. The van der Waals surface area contributed by atoms with Gasteiger partial charge in [0.25, 0.3) is 0 Å². The highest BCUT2D eigenvalue weighted by molar-refractivity contribution is 6.33. The monoisotopic (exact) mass is 381 g/mol. The van der Waals surface area contributed by atoms with Gasteiger partial charge in [-0.2, -0.15) is 0 Å². The quantitative estimate of drug-likeness (QED) is 0.610. The normalized spacial score (nSPS) is 10.5. The summed E-state index contributed by atoms with van der Waals surface area (Å²) in [5, 5.41) is -0.122. The Morgan fingerprint density at radius 2 is 1.73 bits per heavy atom. The summed E-state index contributed by atoms with van der Waals surface area (Å²) in [5.41, 5.74) is 1.11. The molecule has 0 aliphatic heterocycles. The van der Waals surface area contributed by atoms with Crippen molar-refractivity contribution in [1.29, 1.82) is 0 Å². The molecule has 0 amide bonds. The lowest BCUT2D eigenvalue weighted by Crippen LogP contribution is -2.18. The predicted molar refractivity (Wildman–Crippen MR) is 92.2 cm³/mol. The van der Waals surface area contributed by atoms with Crippen molar-refractivity contribution in [2.45, 2.75) is 20.8 Å². The Balaban J connectivity index is 2.18. The fraction of sp³-hybridized carbons (Fsp3) is 0.278. The number of H-pyrrole nitrogens is 1. The highest BCUT2D eigenvalue weighted by Gasteiger charge is 2.26. The molecule has 8 heteroatoms. The maximum absolute atomic E-state index is 13.0. The molecule has 0 aliphatic carbocycles. The first-order chi connectivity index (χ1) is 12.3. The smallest absolute Gasteiger partial charge is 0.340 e. The van der Waals surface area contributed by atoms with E-state index in [-0.39, 0.29) is 28.3 Å². The number of aromatic nitrogens is 1. The summed E-state index contributed by atoms with van der Waals surface area (Å²) in [7, 11) is 0. The zero-order chi connectivity index (χ0) is 19.4. The summed E-state index contributed by atoms with van der Waals surface area (Å²) in [6, 6.07) is 3.20. The van der Waals surface area contributed by atoms with Gasteiger partial charge in [-0.25, -0.2) is 14.0 Å². The van der Waals surface area contributed by atoms with Gasteiger partial charge >= 0.3 is 11.9 Å². The number of esters is 2. The number of hydrogen-bond acceptors (Lipinski definition) is 5. The molecule has 0 atom stereocenters. The molecule has 1 heterocycles. The Morgan fingerprint density at radius 1 is 1.08 bits per heavy atom. The average molecular weight is 382 g/mol. The van der Waals surface area contributed by atoms with Gasteiger partial charge in [0.2, 0.25) is 5.78 Å². The van der Waals surface area contributed by atoms with Gasteiger partial charge in [-0.05, 0) is 39.0 Å². The third-order valence-corrected chi connectivity index (χ3v) is 3.93. The van der Waals surface area contributed by atoms with Gasteiger partial charge < -0.3 is 14.5 Å². The summed E-state index contributed by atoms with van der Waals surface area (Å²) in [6.45, 7) is 4.48. The molecule has 1 aromatic carbocycles. The van der Waals surface area contributed by atoms with E-state index in [9.17, 15) is 18.8 Å². The molecule has 0 saturated carbocycles. The van der Waals surface area contributed by atoms with Crippen LogP contribution in [0.25, 0.3) is 0 Å². The Bertz CT molecular complexity index is 875. The van der Waals surface area contributed by atoms with E-state index in [4.69, 9.17) is 21.1 Å². The van der Waals surface area contributed by atoms with Gasteiger partial charge in [0, 0.05) is 11.4 Å². The van der Waals surface area contributed by atoms with E-state index in [1.165, 1.54) is 6.07 Å². The third kappa shape index (κ3) is 4.11. The van der Waals surface area contributed by atoms with E-state index >= 15 is 0 Å². The van der Waals surface area contributed by atoms with E-state index < -0.39 is 30.1 Å². The first kappa shape index (κ1) is 19.7. The zero-order valence-corrected chi connectivity index (χ0v) is 15.2. The molecule has 1 N–H and O–H groups in total. The largest absolute Gasteiger partial charge is 0.462 e. The lowest BCUT2D eigenvalue weighted by molar-refractivity contribution is 0.0472. The van der Waals surface area contributed by atoms with E-state index in [1.54, 1.807) is 20.8 Å². The van der Waals surface area contributed by atoms with Crippen molar-refractivity contribution in [2.24, 2.45) is 0 Å². The van der Waals surface area contributed by atoms with Gasteiger partial charge in [0.1, 0.15) is 5.82 Å². The molecule has 138 valence electrons. The molecule has 0 saturated heterocycles. The minimum atomic E-state index is -0.869. The molecule has 0 aliphatic rings. The number of aromatic amines is 1. The number of rotatable bonds is 6. The van der Waals surface area contributed by atoms with Crippen LogP contribution in [0.2, 0.25) is 5.02 Å². The van der Waals surface area contributed by atoms with Crippen molar-refractivity contribution in [3.05, 3.63) is 57.1 Å². The van der Waals surface area contributed by atoms with Crippen LogP contribution in [-0.2, 0) is 9.47 Å². The molecule has 0 unspecified atom stereocenters. The second-order valence-electron chi connectivity index (χ2n) is 5.47. The lowest BCUT2D eigenvalue weighted by Gasteiger charge is -2.08. The summed E-state index contributed by atoms with van der Waals surface area (Å²) >= 11 is 5.79. The number of ether oxygens (including phenoxy) is 2. The molecule has 2 rings (SSSR count). The van der Waals surface area contributed by atoms with Gasteiger partial charge in [0.15, 0.2) is 6.61 Å². The number of Topliss-reactive ketones (excluding diaryl/α,β-unsaturated/α-hetero) is 1. The first-order valence-corrected chi connectivity index (χ1v) is 8.15. The lowest BCUT2D eigenvalue weighted by atomic mass is 10.1. The molecule has 2 aromatic rings. The fourth-order valence-electron chi connectivity index (χ4n) is 2.52. The number of ketones is 1. The molecule has 0 radical (unpaired) electrons. The maximum atomic E-state index is 13.0. The van der Waals surface area contributed by atoms with Crippen LogP contribution in [0.3, 0.4) is 0 Å². The van der Waals surface area contributed by atoms with E-state index in [2.05, 4.69) is 4.98 Å². The van der Waals surface area contributed by atoms with E-state index in [1.807, 2.05) is 0 Å². The molecule has 1 aromatic heterocycles. The molecule has 0 spiro atoms. The standard InChI is InChI=1S/C18H17ClFNO5/c1-4-25-18(24)16-10(3)21-9(2)15(16)14(22)8-26-17(23)12-6-5-11(20)7-13(12)19/h5-7,21H,4,8H2,1-3H3. The van der Waals surface area contributed by atoms with Crippen molar-refractivity contribution >= 4 is 29.3 Å². The number of halogens is 2. The number of benzene rings is 1. The number of hydrogen-bond donors (Lipinski definition) is 1. The molecule has 0 fully saturated rings.